The van der Waals surface area contributed by atoms with Crippen molar-refractivity contribution in [1.82, 2.24) is 9.78 Å². The van der Waals surface area contributed by atoms with Gasteiger partial charge < -0.3 is 5.11 Å². The zero-order chi connectivity index (χ0) is 22.7. The number of halogens is 9. The molecule has 3 rings (SSSR count). The van der Waals surface area contributed by atoms with Crippen LogP contribution in [0.15, 0.2) is 6.07 Å². The van der Waals surface area contributed by atoms with Crippen LogP contribution < -0.4 is 0 Å². The Hall–Kier alpha value is -2.89. The molecule has 160 valence electrons. The zero-order valence-electron chi connectivity index (χ0n) is 14.9. The van der Waals surface area contributed by atoms with E-state index in [-0.39, 0.29) is 30.2 Å². The molecule has 0 amide bonds. The number of ketones is 1. The van der Waals surface area contributed by atoms with E-state index in [1.54, 1.807) is 0 Å². The Labute approximate surface area is 178 Å². The first kappa shape index (κ1) is 24.4. The van der Waals surface area contributed by atoms with Gasteiger partial charge in [0.15, 0.2) is 46.5 Å². The Balaban J connectivity index is 0.00000341. The van der Waals surface area contributed by atoms with Crippen molar-refractivity contribution < 1.29 is 68.9 Å². The normalized spacial score (nSPS) is 10.9. The topological polar surface area (TPSA) is 55.1 Å². The van der Waals surface area contributed by atoms with Crippen LogP contribution in [0, 0.1) is 59.3 Å². The number of nitrogens with zero attached hydrogens (tertiary/aromatic N) is 2. The number of hydrogen-bond acceptors (Lipinski definition) is 3. The average Bonchev–Trinajstić information content (AvgIpc) is 2.97. The molecule has 2 aromatic carbocycles. The summed E-state index contributed by atoms with van der Waals surface area (Å²) >= 11 is 0. The standard InChI is InChI=1S/C17H5F9N2O2.Zn/c1-3-6(16(29)7-10(22)12(24)14(26)13(25)11(7)23)17(30)28(27-3)15-8(20)4(18)2-5(19)9(15)21;/h2,30H,1H3;. The molecule has 0 aliphatic heterocycles. The van der Waals surface area contributed by atoms with E-state index in [9.17, 15) is 49.4 Å². The Bertz CT molecular complexity index is 1190. The van der Waals surface area contributed by atoms with E-state index in [0.717, 1.165) is 6.92 Å². The quantitative estimate of drug-likeness (QED) is 0.189. The molecule has 0 spiro atoms. The van der Waals surface area contributed by atoms with Crippen molar-refractivity contribution in [1.29, 1.82) is 0 Å². The maximum Gasteiger partial charge on any atom is 0.226 e. The smallest absolute Gasteiger partial charge is 0.226 e. The number of aromatic hydroxyl groups is 1. The van der Waals surface area contributed by atoms with Gasteiger partial charge in [-0.05, 0) is 6.92 Å². The number of hydrogen-bond donors (Lipinski definition) is 1. The van der Waals surface area contributed by atoms with Crippen LogP contribution in [0.3, 0.4) is 0 Å². The predicted octanol–water partition coefficient (Wildman–Crippen LogP) is 4.37. The molecule has 0 radical (unpaired) electrons. The number of carbonyl (C=O) groups excluding carboxylic acids is 1. The van der Waals surface area contributed by atoms with Gasteiger partial charge in [0.1, 0.15) is 16.8 Å². The molecule has 0 atom stereocenters. The summed E-state index contributed by atoms with van der Waals surface area (Å²) in [6.07, 6.45) is 0. The third-order valence-electron chi connectivity index (χ3n) is 4.00. The van der Waals surface area contributed by atoms with Crippen molar-refractivity contribution in [2.45, 2.75) is 6.92 Å². The number of carbonyl (C=O) groups is 1. The van der Waals surface area contributed by atoms with Crippen LogP contribution >= 0.6 is 0 Å². The van der Waals surface area contributed by atoms with Crippen molar-refractivity contribution >= 4 is 5.78 Å². The van der Waals surface area contributed by atoms with Gasteiger partial charge in [-0.15, -0.1) is 0 Å². The summed E-state index contributed by atoms with van der Waals surface area (Å²) in [6.45, 7) is 0.848. The molecule has 1 heterocycles. The molecular weight excluding hydrogens is 501 g/mol. The molecule has 4 nitrogen and oxygen atoms in total. The van der Waals surface area contributed by atoms with Gasteiger partial charge in [0, 0.05) is 25.5 Å². The summed E-state index contributed by atoms with van der Waals surface area (Å²) in [5, 5.41) is 13.4. The summed E-state index contributed by atoms with van der Waals surface area (Å²) in [6, 6.07) is -0.164. The van der Waals surface area contributed by atoms with E-state index in [0.29, 0.717) is 0 Å². The minimum atomic E-state index is -2.56. The van der Waals surface area contributed by atoms with Gasteiger partial charge in [-0.25, -0.2) is 39.5 Å². The van der Waals surface area contributed by atoms with E-state index < -0.39 is 86.5 Å². The first-order valence-corrected chi connectivity index (χ1v) is 7.58. The van der Waals surface area contributed by atoms with E-state index >= 15 is 0 Å². The van der Waals surface area contributed by atoms with Crippen molar-refractivity contribution in [3.63, 3.8) is 0 Å². The van der Waals surface area contributed by atoms with Gasteiger partial charge in [-0.1, -0.05) is 0 Å². The molecule has 0 aliphatic carbocycles. The van der Waals surface area contributed by atoms with Crippen molar-refractivity contribution in [3.8, 4) is 11.6 Å². The fourth-order valence-electron chi connectivity index (χ4n) is 2.61. The second-order valence-corrected chi connectivity index (χ2v) is 5.79. The predicted molar refractivity (Wildman–Crippen MR) is 79.5 cm³/mol. The number of aromatic nitrogens is 2. The van der Waals surface area contributed by atoms with Gasteiger partial charge in [0.25, 0.3) is 0 Å². The maximum absolute atomic E-state index is 14.0. The molecule has 1 aromatic heterocycles. The Morgan fingerprint density at radius 1 is 0.774 bits per heavy atom. The molecular formula is C17H5F9N2O2Zn. The molecule has 1 N–H and O–H groups in total. The fourth-order valence-corrected chi connectivity index (χ4v) is 2.61. The third kappa shape index (κ3) is 3.58. The monoisotopic (exact) mass is 504 g/mol. The van der Waals surface area contributed by atoms with Crippen LogP contribution in [-0.2, 0) is 19.5 Å². The molecule has 0 aliphatic rings. The van der Waals surface area contributed by atoms with Crippen LogP contribution in [0.4, 0.5) is 39.5 Å². The maximum atomic E-state index is 14.0. The van der Waals surface area contributed by atoms with Gasteiger partial charge in [-0.3, -0.25) is 4.79 Å². The second-order valence-electron chi connectivity index (χ2n) is 5.79. The third-order valence-corrected chi connectivity index (χ3v) is 4.00. The van der Waals surface area contributed by atoms with Crippen molar-refractivity contribution in [2.75, 3.05) is 0 Å². The first-order chi connectivity index (χ1) is 13.9. The van der Waals surface area contributed by atoms with E-state index in [1.165, 1.54) is 0 Å². The zero-order valence-corrected chi connectivity index (χ0v) is 17.9. The van der Waals surface area contributed by atoms with E-state index in [4.69, 9.17) is 0 Å². The summed E-state index contributed by atoms with van der Waals surface area (Å²) in [7, 11) is 0. The van der Waals surface area contributed by atoms with E-state index in [2.05, 4.69) is 5.10 Å². The SMILES string of the molecule is Cc1nn(-c2c(F)c(F)cc(F)c2F)c(O)c1C(=O)c1c(F)c(F)c(F)c(F)c1F.[Zn]. The van der Waals surface area contributed by atoms with E-state index in [1.807, 2.05) is 0 Å². The van der Waals surface area contributed by atoms with Crippen molar-refractivity contribution in [2.24, 2.45) is 0 Å². The fraction of sp³-hybridized carbons (Fsp3) is 0.0588. The van der Waals surface area contributed by atoms with Crippen LogP contribution in [0.1, 0.15) is 21.6 Å². The molecule has 3 aromatic rings. The summed E-state index contributed by atoms with van der Waals surface area (Å²) in [5.41, 5.74) is -5.58. The van der Waals surface area contributed by atoms with Crippen molar-refractivity contribution in [3.05, 3.63) is 75.2 Å². The molecule has 0 bridgehead atoms. The largest absolute Gasteiger partial charge is 0.493 e. The van der Waals surface area contributed by atoms with Crippen LogP contribution in [-0.4, -0.2) is 20.7 Å². The summed E-state index contributed by atoms with van der Waals surface area (Å²) < 4.78 is 122. The second kappa shape index (κ2) is 8.33. The molecule has 0 unspecified atom stereocenters. The average molecular weight is 506 g/mol. The molecule has 31 heavy (non-hydrogen) atoms. The van der Waals surface area contributed by atoms with Crippen LogP contribution in [0.5, 0.6) is 5.88 Å². The van der Waals surface area contributed by atoms with Gasteiger partial charge in [-0.2, -0.15) is 9.78 Å². The molecule has 0 fully saturated rings. The Morgan fingerprint density at radius 3 is 1.65 bits per heavy atom. The summed E-state index contributed by atoms with van der Waals surface area (Å²) in [5.74, 6) is -24.1. The first-order valence-electron chi connectivity index (χ1n) is 7.58. The molecule has 0 saturated heterocycles. The number of benzene rings is 2. The van der Waals surface area contributed by atoms with Gasteiger partial charge in [0.05, 0.1) is 5.69 Å². The number of aryl methyl sites for hydroxylation is 1. The Kier molecular flexibility index (Phi) is 6.55. The minimum Gasteiger partial charge on any atom is -0.493 e. The molecule has 14 heteroatoms. The molecule has 0 saturated carbocycles. The van der Waals surface area contributed by atoms with Gasteiger partial charge in [0.2, 0.25) is 17.5 Å². The van der Waals surface area contributed by atoms with Crippen LogP contribution in [0.25, 0.3) is 5.69 Å². The number of rotatable bonds is 3. The summed E-state index contributed by atoms with van der Waals surface area (Å²) in [4.78, 5) is 12.4. The minimum absolute atomic E-state index is 0. The van der Waals surface area contributed by atoms with Crippen LogP contribution in [0.2, 0.25) is 0 Å². The Morgan fingerprint density at radius 2 is 1.19 bits per heavy atom. The van der Waals surface area contributed by atoms with Gasteiger partial charge >= 0.3 is 0 Å².